The van der Waals surface area contributed by atoms with Gasteiger partial charge in [-0.15, -0.1) is 11.8 Å². The fraction of sp³-hybridized carbons (Fsp3) is 0.286. The number of nitrogens with one attached hydrogen (secondary N) is 1. The summed E-state index contributed by atoms with van der Waals surface area (Å²) in [7, 11) is 0. The number of nitrogens with zero attached hydrogens (tertiary/aromatic N) is 1. The van der Waals surface area contributed by atoms with Crippen molar-refractivity contribution in [3.8, 4) is 0 Å². The molecule has 0 aliphatic carbocycles. The van der Waals surface area contributed by atoms with Crippen molar-refractivity contribution in [3.05, 3.63) is 106 Å². The Morgan fingerprint density at radius 2 is 1.74 bits per heavy atom. The number of benzene rings is 3. The summed E-state index contributed by atoms with van der Waals surface area (Å²) in [4.78, 5) is 28.4. The van der Waals surface area contributed by atoms with Gasteiger partial charge in [-0.25, -0.2) is 4.39 Å². The molecule has 7 heteroatoms. The van der Waals surface area contributed by atoms with Gasteiger partial charge >= 0.3 is 0 Å². The first-order chi connectivity index (χ1) is 16.9. The predicted octanol–water partition coefficient (Wildman–Crippen LogP) is 5.80. The molecule has 3 aromatic carbocycles. The lowest BCUT2D eigenvalue weighted by molar-refractivity contribution is -0.139. The van der Waals surface area contributed by atoms with Crippen molar-refractivity contribution < 1.29 is 14.0 Å². The van der Waals surface area contributed by atoms with Crippen LogP contribution < -0.4 is 5.32 Å². The molecule has 0 aliphatic rings. The molecular weight excluding hydrogens is 483 g/mol. The van der Waals surface area contributed by atoms with Gasteiger partial charge in [-0.05, 0) is 42.7 Å². The molecule has 0 aliphatic heterocycles. The lowest BCUT2D eigenvalue weighted by Gasteiger charge is -2.32. The van der Waals surface area contributed by atoms with Crippen molar-refractivity contribution >= 4 is 35.2 Å². The normalized spacial score (nSPS) is 11.7. The van der Waals surface area contributed by atoms with Gasteiger partial charge in [-0.2, -0.15) is 0 Å². The Morgan fingerprint density at radius 3 is 2.43 bits per heavy atom. The topological polar surface area (TPSA) is 49.4 Å². The first-order valence-electron chi connectivity index (χ1n) is 11.6. The van der Waals surface area contributed by atoms with E-state index >= 15 is 0 Å². The summed E-state index contributed by atoms with van der Waals surface area (Å²) in [5.74, 6) is -0.405. The van der Waals surface area contributed by atoms with Crippen LogP contribution in [0.5, 0.6) is 0 Å². The minimum atomic E-state index is -0.679. The van der Waals surface area contributed by atoms with Crippen molar-refractivity contribution in [3.63, 3.8) is 0 Å². The van der Waals surface area contributed by atoms with E-state index in [2.05, 4.69) is 5.32 Å². The SMILES string of the molecule is CCNC(=O)[C@@H](Cc1ccccc1)N(Cc1ccccc1C)C(=O)CSCc1c(F)cccc1Cl. The van der Waals surface area contributed by atoms with Crippen LogP contribution >= 0.6 is 23.4 Å². The number of thioether (sulfide) groups is 1. The van der Waals surface area contributed by atoms with E-state index in [1.807, 2.05) is 68.4 Å². The Kier molecular flexibility index (Phi) is 10.2. The molecule has 1 N–H and O–H groups in total. The molecule has 4 nitrogen and oxygen atoms in total. The number of likely N-dealkylation sites (N-methyl/N-ethyl adjacent to an activating group) is 1. The fourth-order valence-corrected chi connectivity index (χ4v) is 5.06. The molecule has 0 radical (unpaired) electrons. The molecule has 0 bridgehead atoms. The first kappa shape index (κ1) is 26.8. The van der Waals surface area contributed by atoms with Crippen molar-refractivity contribution in [1.29, 1.82) is 0 Å². The third kappa shape index (κ3) is 7.58. The zero-order chi connectivity index (χ0) is 25.2. The number of halogens is 2. The quantitative estimate of drug-likeness (QED) is 0.353. The number of carbonyl (C=O) groups is 2. The highest BCUT2D eigenvalue weighted by Gasteiger charge is 2.30. The summed E-state index contributed by atoms with van der Waals surface area (Å²) in [6.45, 7) is 4.63. The third-order valence-electron chi connectivity index (χ3n) is 5.76. The van der Waals surface area contributed by atoms with Crippen LogP contribution in [-0.4, -0.2) is 35.1 Å². The average Bonchev–Trinajstić information content (AvgIpc) is 2.85. The Morgan fingerprint density at radius 1 is 1.03 bits per heavy atom. The highest BCUT2D eigenvalue weighted by atomic mass is 35.5. The van der Waals surface area contributed by atoms with E-state index in [0.717, 1.165) is 16.7 Å². The number of hydrogen-bond acceptors (Lipinski definition) is 3. The molecule has 0 saturated heterocycles. The smallest absolute Gasteiger partial charge is 0.243 e. The maximum atomic E-state index is 14.2. The summed E-state index contributed by atoms with van der Waals surface area (Å²) >= 11 is 7.43. The lowest BCUT2D eigenvalue weighted by atomic mass is 10.0. The standard InChI is InChI=1S/C28H30ClFN2O2S/c1-3-31-28(34)26(16-21-11-5-4-6-12-21)32(17-22-13-8-7-10-20(22)2)27(33)19-35-18-23-24(29)14-9-15-25(23)30/h4-15,26H,3,16-19H2,1-2H3,(H,31,34)/t26-/m1/s1. The van der Waals surface area contributed by atoms with E-state index in [4.69, 9.17) is 11.6 Å². The van der Waals surface area contributed by atoms with Crippen LogP contribution in [0.2, 0.25) is 5.02 Å². The molecule has 0 saturated carbocycles. The number of carbonyl (C=O) groups excluding carboxylic acids is 2. The van der Waals surface area contributed by atoms with Gasteiger partial charge in [0.25, 0.3) is 0 Å². The molecular formula is C28H30ClFN2O2S. The number of rotatable bonds is 11. The zero-order valence-electron chi connectivity index (χ0n) is 20.0. The minimum Gasteiger partial charge on any atom is -0.355 e. The van der Waals surface area contributed by atoms with E-state index < -0.39 is 11.9 Å². The summed E-state index contributed by atoms with van der Waals surface area (Å²) in [6.07, 6.45) is 0.397. The molecule has 0 fully saturated rings. The van der Waals surface area contributed by atoms with Crippen molar-refractivity contribution in [2.75, 3.05) is 12.3 Å². The number of amides is 2. The zero-order valence-corrected chi connectivity index (χ0v) is 21.5. The molecule has 35 heavy (non-hydrogen) atoms. The Hall–Kier alpha value is -2.83. The predicted molar refractivity (Wildman–Crippen MR) is 142 cm³/mol. The highest BCUT2D eigenvalue weighted by Crippen LogP contribution is 2.25. The van der Waals surface area contributed by atoms with E-state index in [1.165, 1.54) is 17.8 Å². The molecule has 0 heterocycles. The summed E-state index contributed by atoms with van der Waals surface area (Å²) in [5.41, 5.74) is 3.37. The van der Waals surface area contributed by atoms with Crippen molar-refractivity contribution in [2.24, 2.45) is 0 Å². The molecule has 1 atom stereocenters. The van der Waals surface area contributed by atoms with E-state index in [1.54, 1.807) is 17.0 Å². The van der Waals surface area contributed by atoms with Crippen LogP contribution in [-0.2, 0) is 28.3 Å². The van der Waals surface area contributed by atoms with Gasteiger partial charge in [0.2, 0.25) is 11.8 Å². The van der Waals surface area contributed by atoms with Crippen LogP contribution in [0, 0.1) is 12.7 Å². The summed E-state index contributed by atoms with van der Waals surface area (Å²) in [6, 6.07) is 21.4. The molecule has 184 valence electrons. The second kappa shape index (κ2) is 13.3. The van der Waals surface area contributed by atoms with Crippen LogP contribution in [0.25, 0.3) is 0 Å². The maximum absolute atomic E-state index is 14.2. The van der Waals surface area contributed by atoms with Crippen LogP contribution in [0.1, 0.15) is 29.2 Å². The molecule has 0 aromatic heterocycles. The summed E-state index contributed by atoms with van der Waals surface area (Å²) in [5, 5.41) is 3.23. The Balaban J connectivity index is 1.86. The van der Waals surface area contributed by atoms with E-state index in [9.17, 15) is 14.0 Å². The van der Waals surface area contributed by atoms with Gasteiger partial charge in [0.15, 0.2) is 0 Å². The fourth-order valence-electron chi connectivity index (χ4n) is 3.81. The molecule has 0 spiro atoms. The molecule has 3 aromatic rings. The summed E-state index contributed by atoms with van der Waals surface area (Å²) < 4.78 is 14.2. The maximum Gasteiger partial charge on any atom is 0.243 e. The third-order valence-corrected chi connectivity index (χ3v) is 7.06. The number of aryl methyl sites for hydroxylation is 1. The van der Waals surface area contributed by atoms with Gasteiger partial charge in [0.05, 0.1) is 5.75 Å². The van der Waals surface area contributed by atoms with E-state index in [0.29, 0.717) is 30.1 Å². The second-order valence-electron chi connectivity index (χ2n) is 8.24. The van der Waals surface area contributed by atoms with Gasteiger partial charge < -0.3 is 10.2 Å². The Labute approximate surface area is 215 Å². The van der Waals surface area contributed by atoms with Gasteiger partial charge in [-0.1, -0.05) is 72.3 Å². The van der Waals surface area contributed by atoms with Crippen molar-refractivity contribution in [2.45, 2.75) is 38.6 Å². The largest absolute Gasteiger partial charge is 0.355 e. The van der Waals surface area contributed by atoms with Gasteiger partial charge in [0, 0.05) is 35.8 Å². The molecule has 3 rings (SSSR count). The Bertz CT molecular complexity index is 1120. The lowest BCUT2D eigenvalue weighted by Crippen LogP contribution is -2.51. The van der Waals surface area contributed by atoms with Crippen molar-refractivity contribution in [1.82, 2.24) is 10.2 Å². The van der Waals surface area contributed by atoms with Gasteiger partial charge in [0.1, 0.15) is 11.9 Å². The van der Waals surface area contributed by atoms with Gasteiger partial charge in [-0.3, -0.25) is 9.59 Å². The average molecular weight is 513 g/mol. The molecule has 0 unspecified atom stereocenters. The highest BCUT2D eigenvalue weighted by molar-refractivity contribution is 7.99. The van der Waals surface area contributed by atoms with Crippen LogP contribution in [0.3, 0.4) is 0 Å². The second-order valence-corrected chi connectivity index (χ2v) is 9.63. The van der Waals surface area contributed by atoms with Crippen LogP contribution in [0.15, 0.2) is 72.8 Å². The van der Waals surface area contributed by atoms with Crippen LogP contribution in [0.4, 0.5) is 4.39 Å². The molecule has 2 amide bonds. The monoisotopic (exact) mass is 512 g/mol. The minimum absolute atomic E-state index is 0.0985. The van der Waals surface area contributed by atoms with E-state index in [-0.39, 0.29) is 23.3 Å². The first-order valence-corrected chi connectivity index (χ1v) is 13.1. The number of hydrogen-bond donors (Lipinski definition) is 1.